The summed E-state index contributed by atoms with van der Waals surface area (Å²) in [6.07, 6.45) is 0. The highest BCUT2D eigenvalue weighted by molar-refractivity contribution is 5.99. The lowest BCUT2D eigenvalue weighted by Crippen LogP contribution is -2.57. The van der Waals surface area contributed by atoms with Crippen LogP contribution in [-0.2, 0) is 0 Å². The van der Waals surface area contributed by atoms with Crippen LogP contribution in [0.25, 0.3) is 10.8 Å². The molecule has 1 heterocycles. The average Bonchev–Trinajstić information content (AvgIpc) is 2.33. The Hall–Kier alpha value is -1.87. The van der Waals surface area contributed by atoms with Gasteiger partial charge in [0.15, 0.2) is 0 Å². The van der Waals surface area contributed by atoms with Crippen LogP contribution in [0.3, 0.4) is 0 Å². The maximum Gasteiger partial charge on any atom is 0.253 e. The number of nitrogens with two attached hydrogens (primary N) is 1. The maximum absolute atomic E-state index is 12.1. The van der Waals surface area contributed by atoms with Crippen LogP contribution in [0.15, 0.2) is 42.5 Å². The SMILES string of the molecule is NC1CN(C(=O)c2ccc3ccccc3c2)C1. The van der Waals surface area contributed by atoms with Gasteiger partial charge in [-0.05, 0) is 22.9 Å². The van der Waals surface area contributed by atoms with E-state index in [2.05, 4.69) is 0 Å². The van der Waals surface area contributed by atoms with Gasteiger partial charge in [-0.2, -0.15) is 0 Å². The molecule has 86 valence electrons. The molecule has 1 amide bonds. The van der Waals surface area contributed by atoms with Crippen molar-refractivity contribution in [2.45, 2.75) is 6.04 Å². The third-order valence-electron chi connectivity index (χ3n) is 3.19. The molecule has 2 aromatic rings. The van der Waals surface area contributed by atoms with E-state index in [0.717, 1.165) is 16.3 Å². The van der Waals surface area contributed by atoms with Gasteiger partial charge < -0.3 is 10.6 Å². The minimum Gasteiger partial charge on any atom is -0.335 e. The van der Waals surface area contributed by atoms with Crippen molar-refractivity contribution in [3.63, 3.8) is 0 Å². The summed E-state index contributed by atoms with van der Waals surface area (Å²) in [6, 6.07) is 14.0. The van der Waals surface area contributed by atoms with E-state index in [0.29, 0.717) is 13.1 Å². The monoisotopic (exact) mass is 226 g/mol. The van der Waals surface area contributed by atoms with E-state index < -0.39 is 0 Å². The largest absolute Gasteiger partial charge is 0.335 e. The van der Waals surface area contributed by atoms with Crippen molar-refractivity contribution in [2.24, 2.45) is 5.73 Å². The van der Waals surface area contributed by atoms with Gasteiger partial charge in [0.05, 0.1) is 0 Å². The smallest absolute Gasteiger partial charge is 0.253 e. The minimum absolute atomic E-state index is 0.0810. The lowest BCUT2D eigenvalue weighted by atomic mass is 10.0. The Bertz CT molecular complexity index is 573. The first-order valence-corrected chi connectivity index (χ1v) is 5.78. The molecule has 1 aliphatic rings. The fourth-order valence-electron chi connectivity index (χ4n) is 2.18. The van der Waals surface area contributed by atoms with Crippen molar-refractivity contribution in [1.82, 2.24) is 4.90 Å². The molecule has 0 unspecified atom stereocenters. The summed E-state index contributed by atoms with van der Waals surface area (Å²) >= 11 is 0. The summed E-state index contributed by atoms with van der Waals surface area (Å²) in [7, 11) is 0. The molecule has 0 atom stereocenters. The van der Waals surface area contributed by atoms with E-state index in [9.17, 15) is 4.79 Å². The third kappa shape index (κ3) is 1.78. The Balaban J connectivity index is 1.92. The van der Waals surface area contributed by atoms with Crippen molar-refractivity contribution >= 4 is 16.7 Å². The Kier molecular flexibility index (Phi) is 2.34. The van der Waals surface area contributed by atoms with Gasteiger partial charge in [-0.25, -0.2) is 0 Å². The number of amides is 1. The molecule has 2 N–H and O–H groups in total. The molecule has 0 radical (unpaired) electrons. The van der Waals surface area contributed by atoms with Crippen molar-refractivity contribution in [1.29, 1.82) is 0 Å². The van der Waals surface area contributed by atoms with Crippen LogP contribution in [0, 0.1) is 0 Å². The number of benzene rings is 2. The second kappa shape index (κ2) is 3.86. The van der Waals surface area contributed by atoms with Crippen molar-refractivity contribution in [3.05, 3.63) is 48.0 Å². The number of carbonyl (C=O) groups excluding carboxylic acids is 1. The number of hydrogen-bond acceptors (Lipinski definition) is 2. The second-order valence-corrected chi connectivity index (χ2v) is 4.53. The number of hydrogen-bond donors (Lipinski definition) is 1. The number of rotatable bonds is 1. The fraction of sp³-hybridized carbons (Fsp3) is 0.214. The van der Waals surface area contributed by atoms with Gasteiger partial charge in [0.2, 0.25) is 0 Å². The lowest BCUT2D eigenvalue weighted by Gasteiger charge is -2.36. The van der Waals surface area contributed by atoms with Crippen LogP contribution < -0.4 is 5.73 Å². The molecule has 0 saturated carbocycles. The summed E-state index contributed by atoms with van der Waals surface area (Å²) in [5, 5.41) is 2.26. The molecule has 3 rings (SSSR count). The summed E-state index contributed by atoms with van der Waals surface area (Å²) in [6.45, 7) is 1.34. The first kappa shape index (κ1) is 10.3. The highest BCUT2D eigenvalue weighted by atomic mass is 16.2. The van der Waals surface area contributed by atoms with Gasteiger partial charge in [-0.3, -0.25) is 4.79 Å². The molecule has 3 nitrogen and oxygen atoms in total. The minimum atomic E-state index is 0.0810. The van der Waals surface area contributed by atoms with E-state index in [1.807, 2.05) is 42.5 Å². The van der Waals surface area contributed by atoms with Gasteiger partial charge in [0.25, 0.3) is 5.91 Å². The summed E-state index contributed by atoms with van der Waals surface area (Å²) in [4.78, 5) is 13.9. The molecule has 1 aliphatic heterocycles. The number of likely N-dealkylation sites (tertiary alicyclic amines) is 1. The molecular weight excluding hydrogens is 212 g/mol. The van der Waals surface area contributed by atoms with E-state index in [1.54, 1.807) is 4.90 Å². The number of carbonyl (C=O) groups is 1. The van der Waals surface area contributed by atoms with Crippen molar-refractivity contribution in [2.75, 3.05) is 13.1 Å². The third-order valence-corrected chi connectivity index (χ3v) is 3.19. The van der Waals surface area contributed by atoms with Crippen LogP contribution in [0.1, 0.15) is 10.4 Å². The Morgan fingerprint density at radius 3 is 2.53 bits per heavy atom. The average molecular weight is 226 g/mol. The quantitative estimate of drug-likeness (QED) is 0.803. The molecule has 17 heavy (non-hydrogen) atoms. The molecule has 2 aromatic carbocycles. The zero-order valence-corrected chi connectivity index (χ0v) is 9.47. The normalized spacial score (nSPS) is 15.9. The first-order valence-electron chi connectivity index (χ1n) is 5.78. The van der Waals surface area contributed by atoms with Gasteiger partial charge in [-0.15, -0.1) is 0 Å². The predicted molar refractivity (Wildman–Crippen MR) is 67.8 cm³/mol. The summed E-state index contributed by atoms with van der Waals surface area (Å²) in [5.41, 5.74) is 6.43. The van der Waals surface area contributed by atoms with Gasteiger partial charge in [0.1, 0.15) is 0 Å². The Morgan fingerprint density at radius 2 is 1.82 bits per heavy atom. The summed E-state index contributed by atoms with van der Waals surface area (Å²) in [5.74, 6) is 0.0810. The van der Waals surface area contributed by atoms with Crippen molar-refractivity contribution in [3.8, 4) is 0 Å². The second-order valence-electron chi connectivity index (χ2n) is 4.53. The zero-order chi connectivity index (χ0) is 11.8. The lowest BCUT2D eigenvalue weighted by molar-refractivity contribution is 0.0608. The zero-order valence-electron chi connectivity index (χ0n) is 9.47. The van der Waals surface area contributed by atoms with Gasteiger partial charge in [0, 0.05) is 24.7 Å². The molecule has 0 aliphatic carbocycles. The van der Waals surface area contributed by atoms with Crippen LogP contribution in [0.2, 0.25) is 0 Å². The standard InChI is InChI=1S/C14H14N2O/c15-13-8-16(9-13)14(17)12-6-5-10-3-1-2-4-11(10)7-12/h1-7,13H,8-9,15H2. The summed E-state index contributed by atoms with van der Waals surface area (Å²) < 4.78 is 0. The molecule has 0 spiro atoms. The molecule has 0 aromatic heterocycles. The highest BCUT2D eigenvalue weighted by Crippen LogP contribution is 2.18. The first-order chi connectivity index (χ1) is 8.24. The van der Waals surface area contributed by atoms with Crippen LogP contribution >= 0.6 is 0 Å². The van der Waals surface area contributed by atoms with Crippen LogP contribution in [-0.4, -0.2) is 29.9 Å². The van der Waals surface area contributed by atoms with Gasteiger partial charge in [-0.1, -0.05) is 30.3 Å². The van der Waals surface area contributed by atoms with Crippen LogP contribution in [0.4, 0.5) is 0 Å². The highest BCUT2D eigenvalue weighted by Gasteiger charge is 2.28. The topological polar surface area (TPSA) is 46.3 Å². The molecule has 0 bridgehead atoms. The maximum atomic E-state index is 12.1. The van der Waals surface area contributed by atoms with E-state index in [4.69, 9.17) is 5.73 Å². The van der Waals surface area contributed by atoms with Crippen molar-refractivity contribution < 1.29 is 4.79 Å². The Morgan fingerprint density at radius 1 is 1.12 bits per heavy atom. The van der Waals surface area contributed by atoms with E-state index in [1.165, 1.54) is 0 Å². The van der Waals surface area contributed by atoms with E-state index in [-0.39, 0.29) is 11.9 Å². The fourth-order valence-corrected chi connectivity index (χ4v) is 2.18. The number of nitrogens with zero attached hydrogens (tertiary/aromatic N) is 1. The molecule has 3 heteroatoms. The number of fused-ring (bicyclic) bond motifs is 1. The Labute approximate surface area is 99.8 Å². The van der Waals surface area contributed by atoms with Gasteiger partial charge >= 0.3 is 0 Å². The predicted octanol–water partition coefficient (Wildman–Crippen LogP) is 1.62. The van der Waals surface area contributed by atoms with E-state index >= 15 is 0 Å². The van der Waals surface area contributed by atoms with Crippen LogP contribution in [0.5, 0.6) is 0 Å². The molecular formula is C14H14N2O. The molecule has 1 fully saturated rings. The molecule has 1 saturated heterocycles.